The minimum Gasteiger partial charge on any atom is -0.365 e. The molecule has 2 aliphatic rings. The van der Waals surface area contributed by atoms with Gasteiger partial charge in [-0.2, -0.15) is 0 Å². The van der Waals surface area contributed by atoms with E-state index in [1.807, 2.05) is 17.0 Å². The maximum absolute atomic E-state index is 14.1. The molecule has 0 radical (unpaired) electrons. The number of fused-ring (bicyclic) bond motifs is 1. The second-order valence-electron chi connectivity index (χ2n) is 9.31. The fraction of sp³-hybridized carbons (Fsp3) is 0.241. The summed E-state index contributed by atoms with van der Waals surface area (Å²) >= 11 is 1.30. The number of anilines is 2. The maximum atomic E-state index is 14.1. The predicted molar refractivity (Wildman–Crippen MR) is 144 cm³/mol. The first kappa shape index (κ1) is 24.1. The molecule has 3 aromatic carbocycles. The van der Waals surface area contributed by atoms with Crippen LogP contribution in [0.5, 0.6) is 0 Å². The molecule has 184 valence electrons. The molecule has 36 heavy (non-hydrogen) atoms. The summed E-state index contributed by atoms with van der Waals surface area (Å²) in [6, 6.07) is 20.5. The second kappa shape index (κ2) is 9.82. The minimum absolute atomic E-state index is 0.0354. The van der Waals surface area contributed by atoms with Gasteiger partial charge in [0.2, 0.25) is 0 Å². The van der Waals surface area contributed by atoms with Crippen molar-refractivity contribution in [1.82, 2.24) is 4.90 Å². The van der Waals surface area contributed by atoms with E-state index in [-0.39, 0.29) is 23.7 Å². The molecule has 0 aromatic heterocycles. The Bertz CT molecular complexity index is 1350. The van der Waals surface area contributed by atoms with Crippen LogP contribution < -0.4 is 9.80 Å². The van der Waals surface area contributed by atoms with Gasteiger partial charge in [-0.3, -0.25) is 9.59 Å². The van der Waals surface area contributed by atoms with Crippen molar-refractivity contribution in [3.8, 4) is 0 Å². The lowest BCUT2D eigenvalue weighted by Crippen LogP contribution is -2.53. The van der Waals surface area contributed by atoms with E-state index in [2.05, 4.69) is 43.0 Å². The van der Waals surface area contributed by atoms with Gasteiger partial charge in [0.15, 0.2) is 0 Å². The maximum Gasteiger partial charge on any atom is 0.264 e. The quantitative estimate of drug-likeness (QED) is 0.439. The molecule has 0 bridgehead atoms. The van der Waals surface area contributed by atoms with E-state index in [9.17, 15) is 14.0 Å². The van der Waals surface area contributed by atoms with Crippen LogP contribution >= 0.6 is 11.8 Å². The lowest BCUT2D eigenvalue weighted by atomic mass is 10.1. The number of hydrogen-bond acceptors (Lipinski definition) is 4. The van der Waals surface area contributed by atoms with Crippen molar-refractivity contribution < 1.29 is 14.0 Å². The Kier molecular flexibility index (Phi) is 6.58. The Morgan fingerprint density at radius 2 is 1.81 bits per heavy atom. The Hall–Kier alpha value is -3.58. The molecule has 0 N–H and O–H groups in total. The van der Waals surface area contributed by atoms with Crippen LogP contribution in [0, 0.1) is 12.7 Å². The molecule has 0 saturated carbocycles. The summed E-state index contributed by atoms with van der Waals surface area (Å²) in [4.78, 5) is 33.5. The van der Waals surface area contributed by atoms with Crippen molar-refractivity contribution >= 4 is 41.0 Å². The lowest BCUT2D eigenvalue weighted by molar-refractivity contribution is -0.114. The first-order chi connectivity index (χ1) is 17.3. The number of piperazine rings is 1. The second-order valence-corrected chi connectivity index (χ2v) is 10.4. The van der Waals surface area contributed by atoms with Gasteiger partial charge in [0.1, 0.15) is 5.82 Å². The van der Waals surface area contributed by atoms with E-state index in [1.54, 1.807) is 37.4 Å². The number of likely N-dealkylation sites (N-methyl/N-ethyl adjacent to an activating group) is 1. The van der Waals surface area contributed by atoms with Crippen LogP contribution in [0.15, 0.2) is 76.5 Å². The molecule has 2 aliphatic heterocycles. The number of benzene rings is 3. The van der Waals surface area contributed by atoms with Crippen molar-refractivity contribution in [3.05, 3.63) is 94.1 Å². The highest BCUT2D eigenvalue weighted by Crippen LogP contribution is 2.42. The first-order valence-electron chi connectivity index (χ1n) is 12.0. The number of hydrogen-bond donors (Lipinski definition) is 0. The first-order valence-corrected chi connectivity index (χ1v) is 12.8. The van der Waals surface area contributed by atoms with Crippen molar-refractivity contribution in [2.45, 2.75) is 24.8 Å². The lowest BCUT2D eigenvalue weighted by Gasteiger charge is -2.41. The molecule has 2 heterocycles. The van der Waals surface area contributed by atoms with Crippen LogP contribution in [0.1, 0.15) is 28.4 Å². The van der Waals surface area contributed by atoms with Gasteiger partial charge >= 0.3 is 0 Å². The van der Waals surface area contributed by atoms with E-state index >= 15 is 0 Å². The summed E-state index contributed by atoms with van der Waals surface area (Å²) in [5.41, 5.74) is 4.02. The molecule has 5 nitrogen and oxygen atoms in total. The number of rotatable bonds is 3. The van der Waals surface area contributed by atoms with E-state index in [0.717, 1.165) is 11.4 Å². The van der Waals surface area contributed by atoms with Crippen LogP contribution in [0.4, 0.5) is 15.8 Å². The predicted octanol–water partition coefficient (Wildman–Crippen LogP) is 5.59. The molecule has 2 amide bonds. The van der Waals surface area contributed by atoms with Crippen LogP contribution in [0.2, 0.25) is 0 Å². The zero-order valence-corrected chi connectivity index (χ0v) is 21.4. The number of thioether (sulfide) groups is 1. The van der Waals surface area contributed by atoms with Gasteiger partial charge in [-0.25, -0.2) is 4.39 Å². The van der Waals surface area contributed by atoms with Gasteiger partial charge in [-0.1, -0.05) is 47.7 Å². The van der Waals surface area contributed by atoms with Crippen LogP contribution in [0.3, 0.4) is 0 Å². The van der Waals surface area contributed by atoms with Gasteiger partial charge in [0.25, 0.3) is 11.8 Å². The van der Waals surface area contributed by atoms with Gasteiger partial charge < -0.3 is 14.7 Å². The summed E-state index contributed by atoms with van der Waals surface area (Å²) in [6.07, 6.45) is 1.58. The Labute approximate surface area is 215 Å². The van der Waals surface area contributed by atoms with Crippen molar-refractivity contribution in [1.29, 1.82) is 0 Å². The highest BCUT2D eigenvalue weighted by molar-refractivity contribution is 8.04. The van der Waals surface area contributed by atoms with E-state index in [0.29, 0.717) is 34.8 Å². The molecule has 0 aliphatic carbocycles. The van der Waals surface area contributed by atoms with E-state index < -0.39 is 0 Å². The molecule has 5 rings (SSSR count). The molecular weight excluding hydrogens is 473 g/mol. The molecule has 0 spiro atoms. The Balaban J connectivity index is 1.33. The molecule has 1 saturated heterocycles. The van der Waals surface area contributed by atoms with Gasteiger partial charge in [-0.05, 0) is 56.3 Å². The third-order valence-corrected chi connectivity index (χ3v) is 7.85. The molecule has 3 aromatic rings. The standard InChI is InChI=1S/C29H28FN3O2S/c1-19-8-11-23(12-9-19)33-15-14-32(18-20(33)2)28(34)22-10-13-26-25(16-22)31(3)29(35)27(36-26)17-21-6-4-5-7-24(21)30/h4-13,16-17,20H,14-15,18H2,1-3H3/b27-17-. The zero-order valence-electron chi connectivity index (χ0n) is 20.6. The van der Waals surface area contributed by atoms with E-state index in [4.69, 9.17) is 0 Å². The monoisotopic (exact) mass is 501 g/mol. The number of halogens is 1. The molecule has 1 atom stereocenters. The van der Waals surface area contributed by atoms with Crippen molar-refractivity contribution in [3.63, 3.8) is 0 Å². The van der Waals surface area contributed by atoms with Gasteiger partial charge in [0, 0.05) is 54.4 Å². The summed E-state index contributed by atoms with van der Waals surface area (Å²) in [7, 11) is 1.69. The fourth-order valence-corrected chi connectivity index (χ4v) is 5.79. The topological polar surface area (TPSA) is 43.9 Å². The highest BCUT2D eigenvalue weighted by Gasteiger charge is 2.30. The number of nitrogens with zero attached hydrogens (tertiary/aromatic N) is 3. The van der Waals surface area contributed by atoms with Crippen LogP contribution in [-0.2, 0) is 4.79 Å². The van der Waals surface area contributed by atoms with Crippen molar-refractivity contribution in [2.24, 2.45) is 0 Å². The van der Waals surface area contributed by atoms with Crippen molar-refractivity contribution in [2.75, 3.05) is 36.5 Å². The summed E-state index contributed by atoms with van der Waals surface area (Å²) < 4.78 is 14.1. The minimum atomic E-state index is -0.371. The Morgan fingerprint density at radius 1 is 1.06 bits per heavy atom. The molecule has 7 heteroatoms. The van der Waals surface area contributed by atoms with Crippen LogP contribution in [-0.4, -0.2) is 49.4 Å². The van der Waals surface area contributed by atoms with Crippen LogP contribution in [0.25, 0.3) is 6.08 Å². The third kappa shape index (κ3) is 4.63. The van der Waals surface area contributed by atoms with Gasteiger partial charge in [-0.15, -0.1) is 0 Å². The SMILES string of the molecule is Cc1ccc(N2CCN(C(=O)c3ccc4c(c3)N(C)C(=O)/C(=C/c3ccccc3F)S4)CC2C)cc1. The number of aryl methyl sites for hydroxylation is 1. The molecular formula is C29H28FN3O2S. The number of carbonyl (C=O) groups is 2. The third-order valence-electron chi connectivity index (χ3n) is 6.77. The summed E-state index contributed by atoms with van der Waals surface area (Å²) in [6.45, 7) is 6.24. The summed E-state index contributed by atoms with van der Waals surface area (Å²) in [5, 5.41) is 0. The fourth-order valence-electron chi connectivity index (χ4n) is 4.70. The molecule has 1 unspecified atom stereocenters. The smallest absolute Gasteiger partial charge is 0.264 e. The largest absolute Gasteiger partial charge is 0.365 e. The average molecular weight is 502 g/mol. The number of carbonyl (C=O) groups excluding carboxylic acids is 2. The summed E-state index contributed by atoms with van der Waals surface area (Å²) in [5.74, 6) is -0.628. The van der Waals surface area contributed by atoms with E-state index in [1.165, 1.54) is 34.0 Å². The molecule has 1 fully saturated rings. The Morgan fingerprint density at radius 3 is 2.53 bits per heavy atom. The zero-order chi connectivity index (χ0) is 25.4. The highest BCUT2D eigenvalue weighted by atomic mass is 32.2. The normalized spacial score (nSPS) is 19.0. The average Bonchev–Trinajstić information content (AvgIpc) is 2.88. The number of amides is 2. The van der Waals surface area contributed by atoms with Gasteiger partial charge in [0.05, 0.1) is 10.6 Å².